The number of nitrogens with zero attached hydrogens (tertiary/aromatic N) is 4. The lowest BCUT2D eigenvalue weighted by molar-refractivity contribution is -0.384. The van der Waals surface area contributed by atoms with Gasteiger partial charge in [0.1, 0.15) is 17.2 Å². The molecular weight excluding hydrogens is 400 g/mol. The van der Waals surface area contributed by atoms with Crippen molar-refractivity contribution >= 4 is 23.5 Å². The Balaban J connectivity index is 1.80. The Bertz CT molecular complexity index is 948. The van der Waals surface area contributed by atoms with Crippen molar-refractivity contribution in [3.8, 4) is 11.5 Å². The quantitative estimate of drug-likeness (QED) is 0.428. The van der Waals surface area contributed by atoms with Crippen molar-refractivity contribution in [2.45, 2.75) is 26.2 Å². The van der Waals surface area contributed by atoms with Gasteiger partial charge in [-0.05, 0) is 23.6 Å². The number of anilines is 2. The molecule has 3 rings (SSSR count). The number of hydrogen-bond acceptors (Lipinski definition) is 7. The number of ether oxygens (including phenoxy) is 1. The molecule has 0 saturated carbocycles. The van der Waals surface area contributed by atoms with Crippen LogP contribution in [0.25, 0.3) is 0 Å². The number of carbonyl (C=O) groups excluding carboxylic acids is 1. The molecule has 0 bridgehead atoms. The third-order valence-corrected chi connectivity index (χ3v) is 5.44. The fourth-order valence-electron chi connectivity index (χ4n) is 3.69. The van der Waals surface area contributed by atoms with Gasteiger partial charge in [0.2, 0.25) is 6.41 Å². The highest BCUT2D eigenvalue weighted by atomic mass is 16.6. The average Bonchev–Trinajstić information content (AvgIpc) is 2.75. The summed E-state index contributed by atoms with van der Waals surface area (Å²) in [4.78, 5) is 24.6. The van der Waals surface area contributed by atoms with Gasteiger partial charge in [0, 0.05) is 55.6 Å². The van der Waals surface area contributed by atoms with Crippen molar-refractivity contribution in [1.82, 2.24) is 5.01 Å². The van der Waals surface area contributed by atoms with Crippen LogP contribution in [-0.4, -0.2) is 54.7 Å². The lowest BCUT2D eigenvalue weighted by Crippen LogP contribution is -2.53. The highest BCUT2D eigenvalue weighted by Crippen LogP contribution is 2.41. The number of rotatable bonds is 6. The molecule has 1 N–H and O–H groups in total. The van der Waals surface area contributed by atoms with E-state index < -0.39 is 4.92 Å². The molecule has 0 atom stereocenters. The molecule has 1 fully saturated rings. The van der Waals surface area contributed by atoms with Gasteiger partial charge < -0.3 is 14.7 Å². The number of carbonyl (C=O) groups is 1. The van der Waals surface area contributed by atoms with Crippen molar-refractivity contribution in [3.05, 3.63) is 52.1 Å². The van der Waals surface area contributed by atoms with E-state index in [-0.39, 0.29) is 16.9 Å². The first kappa shape index (κ1) is 22.4. The lowest BCUT2D eigenvalue weighted by Gasteiger charge is -2.40. The Morgan fingerprint density at radius 3 is 2.23 bits per heavy atom. The highest BCUT2D eigenvalue weighted by molar-refractivity contribution is 5.80. The largest absolute Gasteiger partial charge is 0.505 e. The second-order valence-corrected chi connectivity index (χ2v) is 8.46. The number of aromatic hydroxyl groups is 1. The summed E-state index contributed by atoms with van der Waals surface area (Å²) in [5.41, 5.74) is 1.68. The van der Waals surface area contributed by atoms with E-state index in [0.29, 0.717) is 49.6 Å². The summed E-state index contributed by atoms with van der Waals surface area (Å²) in [6, 6.07) is 9.88. The van der Waals surface area contributed by atoms with Crippen molar-refractivity contribution in [1.29, 1.82) is 0 Å². The molecule has 0 aromatic heterocycles. The van der Waals surface area contributed by atoms with Crippen LogP contribution in [0.15, 0.2) is 36.4 Å². The third-order valence-electron chi connectivity index (χ3n) is 5.44. The molecule has 1 amide bonds. The molecule has 166 valence electrons. The fraction of sp³-hybridized carbons (Fsp3) is 0.409. The Hall–Kier alpha value is -3.33. The summed E-state index contributed by atoms with van der Waals surface area (Å²) in [6.45, 7) is 8.28. The molecule has 9 nitrogen and oxygen atoms in total. The highest BCUT2D eigenvalue weighted by Gasteiger charge is 2.28. The van der Waals surface area contributed by atoms with E-state index in [1.807, 2.05) is 25.8 Å². The molecule has 1 aliphatic rings. The van der Waals surface area contributed by atoms with Crippen LogP contribution >= 0.6 is 0 Å². The SMILES string of the molecule is COc1cc(N(C=O)N2CCN(c3ccc([N+](=O)[O-])cc3)CC2)c(O)c(C(C)(C)C)c1. The number of benzene rings is 2. The Labute approximate surface area is 181 Å². The molecule has 9 heteroatoms. The summed E-state index contributed by atoms with van der Waals surface area (Å²) >= 11 is 0. The molecule has 1 saturated heterocycles. The normalized spacial score (nSPS) is 14.9. The molecule has 2 aromatic carbocycles. The zero-order valence-corrected chi connectivity index (χ0v) is 18.2. The van der Waals surface area contributed by atoms with Crippen molar-refractivity contribution in [3.63, 3.8) is 0 Å². The van der Waals surface area contributed by atoms with Gasteiger partial charge in [0.25, 0.3) is 5.69 Å². The van der Waals surface area contributed by atoms with Gasteiger partial charge in [-0.25, -0.2) is 10.0 Å². The number of hydrogen-bond donors (Lipinski definition) is 1. The predicted octanol–water partition coefficient (Wildman–Crippen LogP) is 3.31. The minimum Gasteiger partial charge on any atom is -0.505 e. The van der Waals surface area contributed by atoms with Crippen LogP contribution < -0.4 is 14.6 Å². The first-order chi connectivity index (χ1) is 14.7. The number of hydrazine groups is 1. The fourth-order valence-corrected chi connectivity index (χ4v) is 3.69. The van der Waals surface area contributed by atoms with Gasteiger partial charge in [-0.3, -0.25) is 14.9 Å². The number of piperazine rings is 1. The molecule has 1 aliphatic heterocycles. The minimum absolute atomic E-state index is 0.0534. The van der Waals surface area contributed by atoms with Gasteiger partial charge in [0.05, 0.1) is 12.0 Å². The summed E-state index contributed by atoms with van der Waals surface area (Å²) in [6.07, 6.45) is 0.697. The number of phenolic OH excluding ortho intramolecular Hbond substituents is 1. The van der Waals surface area contributed by atoms with Crippen LogP contribution in [0.4, 0.5) is 17.1 Å². The van der Waals surface area contributed by atoms with Gasteiger partial charge in [-0.1, -0.05) is 20.8 Å². The third kappa shape index (κ3) is 4.72. The maximum Gasteiger partial charge on any atom is 0.269 e. The Morgan fingerprint density at radius 1 is 1.13 bits per heavy atom. The second-order valence-electron chi connectivity index (χ2n) is 8.46. The summed E-state index contributed by atoms with van der Waals surface area (Å²) in [5, 5.41) is 25.1. The monoisotopic (exact) mass is 428 g/mol. The molecule has 0 aliphatic carbocycles. The second kappa shape index (κ2) is 8.81. The van der Waals surface area contributed by atoms with Gasteiger partial charge in [-0.2, -0.15) is 0 Å². The molecule has 31 heavy (non-hydrogen) atoms. The Kier molecular flexibility index (Phi) is 6.35. The maximum atomic E-state index is 12.0. The first-order valence-corrected chi connectivity index (χ1v) is 10.1. The van der Waals surface area contributed by atoms with Crippen LogP contribution in [0.1, 0.15) is 26.3 Å². The number of non-ortho nitro benzene ring substituents is 1. The predicted molar refractivity (Wildman–Crippen MR) is 119 cm³/mol. The van der Waals surface area contributed by atoms with Crippen LogP contribution in [-0.2, 0) is 10.2 Å². The van der Waals surface area contributed by atoms with Crippen molar-refractivity contribution < 1.29 is 19.6 Å². The molecule has 1 heterocycles. The van der Waals surface area contributed by atoms with E-state index in [0.717, 1.165) is 5.69 Å². The smallest absolute Gasteiger partial charge is 0.269 e. The molecule has 2 aromatic rings. The van der Waals surface area contributed by atoms with E-state index in [9.17, 15) is 20.0 Å². The van der Waals surface area contributed by atoms with Crippen LogP contribution in [0.5, 0.6) is 11.5 Å². The average molecular weight is 428 g/mol. The molecule has 0 radical (unpaired) electrons. The van der Waals surface area contributed by atoms with Crippen molar-refractivity contribution in [2.75, 3.05) is 43.2 Å². The maximum absolute atomic E-state index is 12.0. The standard InChI is InChI=1S/C22H28N4O5/c1-22(2,3)19-13-18(31-4)14-20(21(19)28)25(15-27)24-11-9-23(10-12-24)16-5-7-17(8-6-16)26(29)30/h5-8,13-15,28H,9-12H2,1-4H3. The van der Waals surface area contributed by atoms with E-state index in [2.05, 4.69) is 4.90 Å². The number of phenols is 1. The van der Waals surface area contributed by atoms with E-state index in [1.54, 1.807) is 31.4 Å². The summed E-state index contributed by atoms with van der Waals surface area (Å²) < 4.78 is 5.40. The minimum atomic E-state index is -0.421. The zero-order chi connectivity index (χ0) is 22.8. The van der Waals surface area contributed by atoms with E-state index in [4.69, 9.17) is 4.74 Å². The first-order valence-electron chi connectivity index (χ1n) is 10.1. The zero-order valence-electron chi connectivity index (χ0n) is 18.2. The van der Waals surface area contributed by atoms with Crippen molar-refractivity contribution in [2.24, 2.45) is 0 Å². The number of methoxy groups -OCH3 is 1. The summed E-state index contributed by atoms with van der Waals surface area (Å²) in [7, 11) is 1.55. The van der Waals surface area contributed by atoms with Gasteiger partial charge in [0.15, 0.2) is 0 Å². The number of amides is 1. The van der Waals surface area contributed by atoms with Crippen LogP contribution in [0.3, 0.4) is 0 Å². The Morgan fingerprint density at radius 2 is 1.74 bits per heavy atom. The van der Waals surface area contributed by atoms with Crippen LogP contribution in [0, 0.1) is 10.1 Å². The van der Waals surface area contributed by atoms with E-state index >= 15 is 0 Å². The molecular formula is C22H28N4O5. The lowest BCUT2D eigenvalue weighted by atomic mass is 9.85. The van der Waals surface area contributed by atoms with Gasteiger partial charge in [-0.15, -0.1) is 0 Å². The van der Waals surface area contributed by atoms with Gasteiger partial charge >= 0.3 is 0 Å². The number of nitro groups is 1. The summed E-state index contributed by atoms with van der Waals surface area (Å²) in [5.74, 6) is 0.618. The van der Waals surface area contributed by atoms with Crippen LogP contribution in [0.2, 0.25) is 0 Å². The van der Waals surface area contributed by atoms with E-state index in [1.165, 1.54) is 17.1 Å². The topological polar surface area (TPSA) is 99.4 Å². The molecule has 0 unspecified atom stereocenters. The number of nitro benzene ring substituents is 1. The molecule has 0 spiro atoms.